The first kappa shape index (κ1) is 14.8. The summed E-state index contributed by atoms with van der Waals surface area (Å²) in [5.74, 6) is -0.360. The number of rotatable bonds is 2. The van der Waals surface area contributed by atoms with Crippen LogP contribution in [0.3, 0.4) is 0 Å². The van der Waals surface area contributed by atoms with Gasteiger partial charge in [0.25, 0.3) is 15.0 Å². The molecule has 0 N–H and O–H groups in total. The summed E-state index contributed by atoms with van der Waals surface area (Å²) < 4.78 is 22.7. The molecule has 0 aliphatic heterocycles. The fraction of sp³-hybridized carbons (Fsp3) is 0.222. The van der Waals surface area contributed by atoms with E-state index in [1.165, 1.54) is 17.0 Å². The average Bonchev–Trinajstić information content (AvgIpc) is 2.18. The van der Waals surface area contributed by atoms with Gasteiger partial charge in [0.2, 0.25) is 0 Å². The quantitative estimate of drug-likeness (QED) is 0.762. The van der Waals surface area contributed by atoms with Crippen LogP contribution in [0.2, 0.25) is 5.02 Å². The van der Waals surface area contributed by atoms with Gasteiger partial charge in [-0.25, -0.2) is 8.42 Å². The molecule has 0 saturated carbocycles. The van der Waals surface area contributed by atoms with E-state index in [9.17, 15) is 13.2 Å². The van der Waals surface area contributed by atoms with Gasteiger partial charge in [0, 0.05) is 30.3 Å². The summed E-state index contributed by atoms with van der Waals surface area (Å²) in [7, 11) is 4.38. The number of benzene rings is 1. The second-order valence-corrected chi connectivity index (χ2v) is 7.14. The first-order chi connectivity index (χ1) is 7.64. The molecule has 17 heavy (non-hydrogen) atoms. The van der Waals surface area contributed by atoms with Crippen LogP contribution in [-0.2, 0) is 9.05 Å². The fourth-order valence-electron chi connectivity index (χ4n) is 1.12. The van der Waals surface area contributed by atoms with Crippen LogP contribution >= 0.6 is 38.2 Å². The third-order valence-electron chi connectivity index (χ3n) is 1.91. The fourth-order valence-corrected chi connectivity index (χ4v) is 3.50. The Morgan fingerprint density at radius 2 is 1.88 bits per heavy atom. The monoisotopic (exact) mass is 359 g/mol. The van der Waals surface area contributed by atoms with Crippen molar-refractivity contribution >= 4 is 53.2 Å². The molecule has 94 valence electrons. The molecule has 8 heteroatoms. The second kappa shape index (κ2) is 5.14. The van der Waals surface area contributed by atoms with E-state index in [0.717, 1.165) is 0 Å². The Hall–Kier alpha value is -0.300. The van der Waals surface area contributed by atoms with Gasteiger partial charge >= 0.3 is 0 Å². The highest BCUT2D eigenvalue weighted by molar-refractivity contribution is 9.10. The number of hydrogen-bond donors (Lipinski definition) is 0. The van der Waals surface area contributed by atoms with Crippen molar-refractivity contribution in [3.8, 4) is 0 Å². The molecular formula is C9H8BrCl2NO3S. The predicted molar refractivity (Wildman–Crippen MR) is 70.2 cm³/mol. The van der Waals surface area contributed by atoms with Crippen LogP contribution in [0, 0.1) is 0 Å². The summed E-state index contributed by atoms with van der Waals surface area (Å²) in [6.07, 6.45) is 0. The molecule has 0 bridgehead atoms. The van der Waals surface area contributed by atoms with Gasteiger partial charge < -0.3 is 4.90 Å². The SMILES string of the molecule is CN(C)C(=O)c1cc(Cl)c(Br)c(S(=O)(=O)Cl)c1. The first-order valence-corrected chi connectivity index (χ1v) is 7.78. The highest BCUT2D eigenvalue weighted by Crippen LogP contribution is 2.33. The number of halogens is 3. The van der Waals surface area contributed by atoms with E-state index >= 15 is 0 Å². The molecule has 0 heterocycles. The predicted octanol–water partition coefficient (Wildman–Crippen LogP) is 2.73. The highest BCUT2D eigenvalue weighted by Gasteiger charge is 2.21. The molecule has 0 aromatic heterocycles. The largest absolute Gasteiger partial charge is 0.345 e. The van der Waals surface area contributed by atoms with Gasteiger partial charge in [-0.3, -0.25) is 4.79 Å². The topological polar surface area (TPSA) is 54.5 Å². The molecule has 0 saturated heterocycles. The maximum atomic E-state index is 11.7. The number of amides is 1. The minimum atomic E-state index is -3.97. The zero-order valence-electron chi connectivity index (χ0n) is 8.87. The van der Waals surface area contributed by atoms with Crippen molar-refractivity contribution in [2.24, 2.45) is 0 Å². The Kier molecular flexibility index (Phi) is 4.46. The molecule has 0 aliphatic rings. The Balaban J connectivity index is 3.50. The number of nitrogens with zero attached hydrogens (tertiary/aromatic N) is 1. The standard InChI is InChI=1S/C9H8BrCl2NO3S/c1-13(2)9(14)5-3-6(11)8(10)7(4-5)17(12,15)16/h3-4H,1-2H3. The summed E-state index contributed by atoms with van der Waals surface area (Å²) in [6, 6.07) is 2.56. The summed E-state index contributed by atoms with van der Waals surface area (Å²) in [6.45, 7) is 0. The van der Waals surface area contributed by atoms with Gasteiger partial charge in [0.1, 0.15) is 0 Å². The van der Waals surface area contributed by atoms with E-state index in [4.69, 9.17) is 22.3 Å². The Morgan fingerprint density at radius 3 is 2.29 bits per heavy atom. The minimum absolute atomic E-state index is 0.108. The van der Waals surface area contributed by atoms with E-state index in [2.05, 4.69) is 15.9 Å². The van der Waals surface area contributed by atoms with Crippen LogP contribution in [0.15, 0.2) is 21.5 Å². The molecule has 0 spiro atoms. The number of carbonyl (C=O) groups is 1. The van der Waals surface area contributed by atoms with Crippen molar-refractivity contribution in [3.05, 3.63) is 27.2 Å². The van der Waals surface area contributed by atoms with Crippen molar-refractivity contribution in [2.45, 2.75) is 4.90 Å². The third kappa shape index (κ3) is 3.34. The molecule has 0 aliphatic carbocycles. The molecule has 0 radical (unpaired) electrons. The molecule has 0 atom stereocenters. The van der Waals surface area contributed by atoms with Gasteiger partial charge in [-0.2, -0.15) is 0 Å². The zero-order chi connectivity index (χ0) is 13.4. The molecule has 0 fully saturated rings. The van der Waals surface area contributed by atoms with Gasteiger partial charge in [-0.1, -0.05) is 11.6 Å². The maximum absolute atomic E-state index is 11.7. The number of carbonyl (C=O) groups excluding carboxylic acids is 1. The van der Waals surface area contributed by atoms with Crippen LogP contribution in [-0.4, -0.2) is 33.3 Å². The normalized spacial score (nSPS) is 11.4. The summed E-state index contributed by atoms with van der Waals surface area (Å²) >= 11 is 8.85. The van der Waals surface area contributed by atoms with E-state index in [-0.39, 0.29) is 25.9 Å². The van der Waals surface area contributed by atoms with Crippen LogP contribution in [0.5, 0.6) is 0 Å². The Morgan fingerprint density at radius 1 is 1.35 bits per heavy atom. The molecule has 1 aromatic carbocycles. The summed E-state index contributed by atoms with van der Waals surface area (Å²) in [5.41, 5.74) is 0.155. The van der Waals surface area contributed by atoms with Crippen molar-refractivity contribution in [1.29, 1.82) is 0 Å². The van der Waals surface area contributed by atoms with Crippen LogP contribution < -0.4 is 0 Å². The van der Waals surface area contributed by atoms with Crippen LogP contribution in [0.25, 0.3) is 0 Å². The van der Waals surface area contributed by atoms with Crippen molar-refractivity contribution in [3.63, 3.8) is 0 Å². The summed E-state index contributed by atoms with van der Waals surface area (Å²) in [5, 5.41) is 0.108. The lowest BCUT2D eigenvalue weighted by Crippen LogP contribution is -2.21. The first-order valence-electron chi connectivity index (χ1n) is 4.30. The molecule has 1 rings (SSSR count). The zero-order valence-corrected chi connectivity index (χ0v) is 12.8. The van der Waals surface area contributed by atoms with Gasteiger partial charge in [0.15, 0.2) is 0 Å². The minimum Gasteiger partial charge on any atom is -0.345 e. The molecule has 1 amide bonds. The Bertz CT molecular complexity index is 572. The van der Waals surface area contributed by atoms with E-state index in [0.29, 0.717) is 0 Å². The van der Waals surface area contributed by atoms with E-state index < -0.39 is 9.05 Å². The lowest BCUT2D eigenvalue weighted by Gasteiger charge is -2.12. The van der Waals surface area contributed by atoms with Crippen LogP contribution in [0.1, 0.15) is 10.4 Å². The van der Waals surface area contributed by atoms with Gasteiger partial charge in [-0.05, 0) is 28.1 Å². The lowest BCUT2D eigenvalue weighted by molar-refractivity contribution is 0.0827. The summed E-state index contributed by atoms with van der Waals surface area (Å²) in [4.78, 5) is 12.8. The van der Waals surface area contributed by atoms with Gasteiger partial charge in [0.05, 0.1) is 14.4 Å². The highest BCUT2D eigenvalue weighted by atomic mass is 79.9. The molecule has 1 aromatic rings. The molecule has 0 unspecified atom stereocenters. The van der Waals surface area contributed by atoms with E-state index in [1.807, 2.05) is 0 Å². The van der Waals surface area contributed by atoms with Crippen molar-refractivity contribution < 1.29 is 13.2 Å². The smallest absolute Gasteiger partial charge is 0.262 e. The number of hydrogen-bond acceptors (Lipinski definition) is 3. The third-order valence-corrected chi connectivity index (χ3v) is 4.90. The van der Waals surface area contributed by atoms with Gasteiger partial charge in [-0.15, -0.1) is 0 Å². The van der Waals surface area contributed by atoms with E-state index in [1.54, 1.807) is 14.1 Å². The van der Waals surface area contributed by atoms with Crippen LogP contribution in [0.4, 0.5) is 0 Å². The lowest BCUT2D eigenvalue weighted by atomic mass is 10.2. The van der Waals surface area contributed by atoms with Crippen molar-refractivity contribution in [1.82, 2.24) is 4.90 Å². The average molecular weight is 361 g/mol. The Labute approximate surface area is 117 Å². The maximum Gasteiger partial charge on any atom is 0.262 e. The molecule has 4 nitrogen and oxygen atoms in total. The van der Waals surface area contributed by atoms with Crippen molar-refractivity contribution in [2.75, 3.05) is 14.1 Å². The molecular weight excluding hydrogens is 353 g/mol. The second-order valence-electron chi connectivity index (χ2n) is 3.41.